The maximum Gasteiger partial charge on any atom is 0.143 e. The standard InChI is InChI=1S/C53H37NO/c1-53(2)45-23-9-7-20-43(45)50-42(22-12-24-46(50)53)41-19-8-10-25-48(41)54(47-26-11-16-34-14-3-5-17-38(34)47)37-31-28-36(29-32-37)39-21-13-27-49-51(39)44-33-30-35-15-4-6-18-40(35)52(44)55-49/h3-33H,1-2H3. The molecular formula is C53H37NO. The molecule has 0 saturated heterocycles. The maximum absolute atomic E-state index is 6.56. The van der Waals surface area contributed by atoms with Gasteiger partial charge in [-0.25, -0.2) is 0 Å². The number of hydrogen-bond donors (Lipinski definition) is 0. The van der Waals surface area contributed by atoms with Gasteiger partial charge in [-0.05, 0) is 86.1 Å². The largest absolute Gasteiger partial charge is 0.455 e. The van der Waals surface area contributed by atoms with Crippen LogP contribution in [-0.4, -0.2) is 0 Å². The van der Waals surface area contributed by atoms with Crippen LogP contribution in [0, 0.1) is 0 Å². The summed E-state index contributed by atoms with van der Waals surface area (Å²) in [4.78, 5) is 2.45. The van der Waals surface area contributed by atoms with E-state index in [1.807, 2.05) is 0 Å². The van der Waals surface area contributed by atoms with Crippen LogP contribution in [0.2, 0.25) is 0 Å². The molecule has 0 radical (unpaired) electrons. The van der Waals surface area contributed by atoms with Gasteiger partial charge in [0.1, 0.15) is 11.2 Å². The molecular weight excluding hydrogens is 667 g/mol. The lowest BCUT2D eigenvalue weighted by molar-refractivity contribution is 0.660. The van der Waals surface area contributed by atoms with Crippen LogP contribution in [0.1, 0.15) is 25.0 Å². The molecule has 260 valence electrons. The van der Waals surface area contributed by atoms with Gasteiger partial charge in [0.05, 0.1) is 11.4 Å². The molecule has 1 aliphatic carbocycles. The monoisotopic (exact) mass is 703 g/mol. The smallest absolute Gasteiger partial charge is 0.143 e. The molecule has 55 heavy (non-hydrogen) atoms. The molecule has 0 spiro atoms. The SMILES string of the molecule is CC1(C)c2ccccc2-c2c(-c3ccccc3N(c3ccc(-c4cccc5oc6c7ccccc7ccc6c45)cc3)c3cccc4ccccc34)cccc21. The highest BCUT2D eigenvalue weighted by Crippen LogP contribution is 2.54. The van der Waals surface area contributed by atoms with E-state index >= 15 is 0 Å². The average Bonchev–Trinajstić information content (AvgIpc) is 3.74. The second-order valence-corrected chi connectivity index (χ2v) is 15.2. The zero-order valence-corrected chi connectivity index (χ0v) is 30.8. The topological polar surface area (TPSA) is 16.4 Å². The minimum atomic E-state index is -0.0850. The predicted molar refractivity (Wildman–Crippen MR) is 232 cm³/mol. The summed E-state index contributed by atoms with van der Waals surface area (Å²) < 4.78 is 6.56. The van der Waals surface area contributed by atoms with E-state index in [1.54, 1.807) is 0 Å². The summed E-state index contributed by atoms with van der Waals surface area (Å²) in [5.74, 6) is 0. The van der Waals surface area contributed by atoms with Crippen LogP contribution in [0.5, 0.6) is 0 Å². The first-order valence-electron chi connectivity index (χ1n) is 19.1. The molecule has 0 aliphatic heterocycles. The molecule has 0 unspecified atom stereocenters. The normalized spacial score (nSPS) is 13.1. The van der Waals surface area contributed by atoms with Crippen molar-refractivity contribution in [1.82, 2.24) is 0 Å². The molecule has 1 aromatic heterocycles. The van der Waals surface area contributed by atoms with Crippen molar-refractivity contribution < 1.29 is 4.42 Å². The van der Waals surface area contributed by atoms with Crippen molar-refractivity contribution in [3.8, 4) is 33.4 Å². The fourth-order valence-electron chi connectivity index (χ4n) is 9.27. The Bertz CT molecular complexity index is 3120. The molecule has 9 aromatic carbocycles. The first-order chi connectivity index (χ1) is 27.1. The number of anilines is 3. The predicted octanol–water partition coefficient (Wildman–Crippen LogP) is 15.0. The summed E-state index contributed by atoms with van der Waals surface area (Å²) >= 11 is 0. The Labute approximate surface area is 320 Å². The van der Waals surface area contributed by atoms with Gasteiger partial charge < -0.3 is 9.32 Å². The van der Waals surface area contributed by atoms with E-state index < -0.39 is 0 Å². The highest BCUT2D eigenvalue weighted by Gasteiger charge is 2.37. The Morgan fingerprint density at radius 1 is 0.418 bits per heavy atom. The molecule has 0 N–H and O–H groups in total. The summed E-state index contributed by atoms with van der Waals surface area (Å²) in [5, 5.41) is 7.02. The van der Waals surface area contributed by atoms with Crippen molar-refractivity contribution in [1.29, 1.82) is 0 Å². The Balaban J connectivity index is 1.11. The minimum absolute atomic E-state index is 0.0850. The van der Waals surface area contributed by atoms with Crippen molar-refractivity contribution in [2.45, 2.75) is 19.3 Å². The molecule has 1 heterocycles. The van der Waals surface area contributed by atoms with Crippen LogP contribution in [0.4, 0.5) is 17.1 Å². The molecule has 0 bridgehead atoms. The average molecular weight is 704 g/mol. The Kier molecular flexibility index (Phi) is 6.93. The fraction of sp³-hybridized carbons (Fsp3) is 0.0566. The second kappa shape index (κ2) is 12.1. The van der Waals surface area contributed by atoms with E-state index in [0.29, 0.717) is 0 Å². The molecule has 0 atom stereocenters. The van der Waals surface area contributed by atoms with E-state index in [9.17, 15) is 0 Å². The van der Waals surface area contributed by atoms with Crippen LogP contribution in [0.15, 0.2) is 192 Å². The van der Waals surface area contributed by atoms with Gasteiger partial charge >= 0.3 is 0 Å². The molecule has 2 heteroatoms. The van der Waals surface area contributed by atoms with Crippen molar-refractivity contribution in [3.63, 3.8) is 0 Å². The quantitative estimate of drug-likeness (QED) is 0.177. The molecule has 2 nitrogen and oxygen atoms in total. The first kappa shape index (κ1) is 31.6. The molecule has 0 amide bonds. The highest BCUT2D eigenvalue weighted by atomic mass is 16.3. The van der Waals surface area contributed by atoms with Crippen LogP contribution < -0.4 is 4.90 Å². The lowest BCUT2D eigenvalue weighted by atomic mass is 9.82. The van der Waals surface area contributed by atoms with E-state index in [1.165, 1.54) is 49.5 Å². The number of hydrogen-bond acceptors (Lipinski definition) is 2. The Morgan fingerprint density at radius 2 is 1.02 bits per heavy atom. The third kappa shape index (κ3) is 4.74. The van der Waals surface area contributed by atoms with Gasteiger partial charge in [0.15, 0.2) is 0 Å². The Hall–Kier alpha value is -6.90. The number of benzene rings is 9. The fourth-order valence-corrected chi connectivity index (χ4v) is 9.27. The van der Waals surface area contributed by atoms with Gasteiger partial charge in [-0.15, -0.1) is 0 Å². The van der Waals surface area contributed by atoms with Crippen molar-refractivity contribution in [2.24, 2.45) is 0 Å². The molecule has 11 rings (SSSR count). The number of para-hydroxylation sites is 1. The summed E-state index contributed by atoms with van der Waals surface area (Å²) in [7, 11) is 0. The lowest BCUT2D eigenvalue weighted by Crippen LogP contribution is -2.15. The molecule has 0 fully saturated rings. The van der Waals surface area contributed by atoms with Gasteiger partial charge in [0.25, 0.3) is 0 Å². The van der Waals surface area contributed by atoms with Crippen LogP contribution in [-0.2, 0) is 5.41 Å². The van der Waals surface area contributed by atoms with Crippen molar-refractivity contribution in [2.75, 3.05) is 4.90 Å². The van der Waals surface area contributed by atoms with Crippen LogP contribution in [0.25, 0.3) is 76.9 Å². The van der Waals surface area contributed by atoms with E-state index in [-0.39, 0.29) is 5.41 Å². The van der Waals surface area contributed by atoms with Crippen molar-refractivity contribution in [3.05, 3.63) is 199 Å². The summed E-state index contributed by atoms with van der Waals surface area (Å²) in [6, 6.07) is 68.4. The van der Waals surface area contributed by atoms with Gasteiger partial charge in [0, 0.05) is 38.2 Å². The zero-order chi connectivity index (χ0) is 36.7. The Morgan fingerprint density at radius 3 is 1.87 bits per heavy atom. The second-order valence-electron chi connectivity index (χ2n) is 15.2. The molecule has 10 aromatic rings. The summed E-state index contributed by atoms with van der Waals surface area (Å²) in [6.45, 7) is 4.71. The van der Waals surface area contributed by atoms with Gasteiger partial charge in [0.2, 0.25) is 0 Å². The van der Waals surface area contributed by atoms with Crippen LogP contribution >= 0.6 is 0 Å². The van der Waals surface area contributed by atoms with E-state index in [4.69, 9.17) is 4.42 Å². The van der Waals surface area contributed by atoms with E-state index in [0.717, 1.165) is 55.5 Å². The number of fused-ring (bicyclic) bond motifs is 9. The van der Waals surface area contributed by atoms with Crippen molar-refractivity contribution >= 4 is 60.5 Å². The number of furan rings is 1. The zero-order valence-electron chi connectivity index (χ0n) is 30.8. The number of rotatable bonds is 5. The summed E-state index contributed by atoms with van der Waals surface area (Å²) in [5.41, 5.74) is 15.3. The first-order valence-corrected chi connectivity index (χ1v) is 19.1. The van der Waals surface area contributed by atoms with Gasteiger partial charge in [-0.3, -0.25) is 0 Å². The maximum atomic E-state index is 6.56. The lowest BCUT2D eigenvalue weighted by Gasteiger charge is -2.30. The highest BCUT2D eigenvalue weighted by molar-refractivity contribution is 6.19. The summed E-state index contributed by atoms with van der Waals surface area (Å²) in [6.07, 6.45) is 0. The third-order valence-electron chi connectivity index (χ3n) is 11.9. The van der Waals surface area contributed by atoms with E-state index in [2.05, 4.69) is 207 Å². The van der Waals surface area contributed by atoms with Crippen LogP contribution in [0.3, 0.4) is 0 Å². The number of nitrogens with zero attached hydrogens (tertiary/aromatic N) is 1. The van der Waals surface area contributed by atoms with Gasteiger partial charge in [-0.2, -0.15) is 0 Å². The van der Waals surface area contributed by atoms with Gasteiger partial charge in [-0.1, -0.05) is 166 Å². The minimum Gasteiger partial charge on any atom is -0.455 e. The molecule has 1 aliphatic rings. The third-order valence-corrected chi connectivity index (χ3v) is 11.9. The molecule has 0 saturated carbocycles.